The fraction of sp³-hybridized carbons (Fsp3) is 0.636. The molecule has 3 unspecified atom stereocenters. The van der Waals surface area contributed by atoms with E-state index in [1.54, 1.807) is 24.3 Å². The van der Waals surface area contributed by atoms with Crippen LogP contribution in [0.4, 0.5) is 17.6 Å². The molecular weight excluding hydrogens is 536 g/mol. The Kier molecular flexibility index (Phi) is 11.7. The first-order valence-electron chi connectivity index (χ1n) is 15.3. The molecule has 0 radical (unpaired) electrons. The summed E-state index contributed by atoms with van der Waals surface area (Å²) in [5.74, 6) is -7.47. The summed E-state index contributed by atoms with van der Waals surface area (Å²) in [7, 11) is 0. The Labute approximate surface area is 241 Å². The average molecular weight is 581 g/mol. The largest absolute Gasteiger partial charge is 0.491 e. The lowest BCUT2D eigenvalue weighted by molar-refractivity contribution is -0.0474. The fourth-order valence-electron chi connectivity index (χ4n) is 5.51. The summed E-state index contributed by atoms with van der Waals surface area (Å²) in [6.07, 6.45) is 9.82. The summed E-state index contributed by atoms with van der Waals surface area (Å²) < 4.78 is 83.6. The maximum Gasteiger partial charge on any atom is 0.283 e. The Morgan fingerprint density at radius 3 is 2.32 bits per heavy atom. The van der Waals surface area contributed by atoms with Gasteiger partial charge in [0, 0.05) is 13.2 Å². The third-order valence-corrected chi connectivity index (χ3v) is 8.04. The molecule has 0 spiro atoms. The summed E-state index contributed by atoms with van der Waals surface area (Å²) in [6.45, 7) is 6.12. The van der Waals surface area contributed by atoms with Crippen LogP contribution in [0.2, 0.25) is 0 Å². The molecule has 1 aliphatic heterocycles. The van der Waals surface area contributed by atoms with Gasteiger partial charge in [-0.05, 0) is 67.9 Å². The lowest BCUT2D eigenvalue weighted by atomic mass is 9.76. The summed E-state index contributed by atoms with van der Waals surface area (Å²) in [6, 6.07) is 7.73. The molecule has 0 amide bonds. The van der Waals surface area contributed by atoms with Gasteiger partial charge in [0.1, 0.15) is 18.5 Å². The molecule has 1 heterocycles. The molecule has 4 rings (SSSR count). The first-order chi connectivity index (χ1) is 19.9. The van der Waals surface area contributed by atoms with Crippen LogP contribution >= 0.6 is 0 Å². The minimum Gasteiger partial charge on any atom is -0.491 e. The highest BCUT2D eigenvalue weighted by Crippen LogP contribution is 2.51. The van der Waals surface area contributed by atoms with Gasteiger partial charge in [0.05, 0.1) is 24.2 Å². The summed E-state index contributed by atoms with van der Waals surface area (Å²) in [4.78, 5) is 0. The van der Waals surface area contributed by atoms with E-state index in [4.69, 9.17) is 18.9 Å². The average Bonchev–Trinajstić information content (AvgIpc) is 3.72. The topological polar surface area (TPSA) is 40.2 Å². The molecular formula is C33H44F4O4. The summed E-state index contributed by atoms with van der Waals surface area (Å²) in [5, 5.41) is 0. The smallest absolute Gasteiger partial charge is 0.283 e. The number of ether oxygens (including phenoxy) is 4. The maximum absolute atomic E-state index is 15.6. The van der Waals surface area contributed by atoms with Crippen molar-refractivity contribution in [1.29, 1.82) is 0 Å². The normalized spacial score (nSPS) is 21.0. The zero-order chi connectivity index (χ0) is 29.2. The molecule has 0 aromatic heterocycles. The van der Waals surface area contributed by atoms with Crippen LogP contribution in [0.15, 0.2) is 30.3 Å². The molecule has 0 bridgehead atoms. The Bertz CT molecular complexity index is 1090. The van der Waals surface area contributed by atoms with Gasteiger partial charge >= 0.3 is 0 Å². The van der Waals surface area contributed by atoms with Gasteiger partial charge in [-0.15, -0.1) is 0 Å². The molecule has 2 aromatic rings. The molecule has 1 aliphatic carbocycles. The molecule has 228 valence electrons. The van der Waals surface area contributed by atoms with E-state index in [0.717, 1.165) is 32.1 Å². The van der Waals surface area contributed by atoms with E-state index in [0.29, 0.717) is 37.6 Å². The highest BCUT2D eigenvalue weighted by atomic mass is 19.3. The van der Waals surface area contributed by atoms with Crippen LogP contribution in [0.1, 0.15) is 101 Å². The van der Waals surface area contributed by atoms with Crippen molar-refractivity contribution in [2.24, 2.45) is 0 Å². The number of unbranched alkanes of at least 4 members (excludes halogenated alkanes) is 5. The van der Waals surface area contributed by atoms with Crippen LogP contribution in [0.5, 0.6) is 11.5 Å². The number of fused-ring (bicyclic) bond motifs is 1. The van der Waals surface area contributed by atoms with Crippen molar-refractivity contribution in [3.8, 4) is 11.5 Å². The number of hydrogen-bond donors (Lipinski definition) is 0. The lowest BCUT2D eigenvalue weighted by Gasteiger charge is -2.34. The van der Waals surface area contributed by atoms with Gasteiger partial charge in [-0.1, -0.05) is 58.1 Å². The minimum atomic E-state index is -3.57. The van der Waals surface area contributed by atoms with Crippen molar-refractivity contribution in [3.63, 3.8) is 0 Å². The quantitative estimate of drug-likeness (QED) is 0.100. The van der Waals surface area contributed by atoms with Gasteiger partial charge in [0.2, 0.25) is 5.82 Å². The molecule has 41 heavy (non-hydrogen) atoms. The van der Waals surface area contributed by atoms with E-state index in [1.807, 2.05) is 0 Å². The van der Waals surface area contributed by atoms with E-state index in [2.05, 4.69) is 13.8 Å². The number of benzene rings is 2. The van der Waals surface area contributed by atoms with Crippen LogP contribution in [0.25, 0.3) is 0 Å². The minimum absolute atomic E-state index is 0.0757. The van der Waals surface area contributed by atoms with E-state index < -0.39 is 29.0 Å². The van der Waals surface area contributed by atoms with Crippen molar-refractivity contribution < 1.29 is 36.5 Å². The van der Waals surface area contributed by atoms with Gasteiger partial charge in [-0.3, -0.25) is 0 Å². The van der Waals surface area contributed by atoms with Crippen molar-refractivity contribution in [2.75, 3.05) is 26.4 Å². The fourth-order valence-corrected chi connectivity index (χ4v) is 5.51. The van der Waals surface area contributed by atoms with Gasteiger partial charge in [-0.2, -0.15) is 4.39 Å². The zero-order valence-electron chi connectivity index (χ0n) is 24.4. The second kappa shape index (κ2) is 15.2. The highest BCUT2D eigenvalue weighted by Gasteiger charge is 2.49. The molecule has 8 heteroatoms. The molecule has 4 nitrogen and oxygen atoms in total. The Morgan fingerprint density at radius 2 is 1.56 bits per heavy atom. The zero-order valence-corrected chi connectivity index (χ0v) is 24.4. The van der Waals surface area contributed by atoms with Crippen molar-refractivity contribution in [3.05, 3.63) is 58.7 Å². The maximum atomic E-state index is 15.6. The van der Waals surface area contributed by atoms with Crippen molar-refractivity contribution >= 4 is 0 Å². The third-order valence-electron chi connectivity index (χ3n) is 8.04. The van der Waals surface area contributed by atoms with Gasteiger partial charge in [-0.25, -0.2) is 13.2 Å². The Morgan fingerprint density at radius 1 is 0.829 bits per heavy atom. The number of hydrogen-bond acceptors (Lipinski definition) is 4. The first kappa shape index (κ1) is 31.6. The predicted molar refractivity (Wildman–Crippen MR) is 151 cm³/mol. The number of rotatable bonds is 18. The molecule has 3 atom stereocenters. The van der Waals surface area contributed by atoms with Gasteiger partial charge in [0.15, 0.2) is 11.6 Å². The third kappa shape index (κ3) is 8.38. The van der Waals surface area contributed by atoms with Crippen LogP contribution in [0.3, 0.4) is 0 Å². The van der Waals surface area contributed by atoms with E-state index in [1.165, 1.54) is 25.3 Å². The molecule has 0 N–H and O–H groups in total. The highest BCUT2D eigenvalue weighted by molar-refractivity contribution is 5.45. The van der Waals surface area contributed by atoms with Crippen LogP contribution in [-0.4, -0.2) is 38.6 Å². The predicted octanol–water partition coefficient (Wildman–Crippen LogP) is 8.88. The van der Waals surface area contributed by atoms with E-state index in [-0.39, 0.29) is 43.0 Å². The van der Waals surface area contributed by atoms with Crippen LogP contribution < -0.4 is 9.47 Å². The summed E-state index contributed by atoms with van der Waals surface area (Å²) >= 11 is 0. The lowest BCUT2D eigenvalue weighted by Crippen LogP contribution is -2.32. The summed E-state index contributed by atoms with van der Waals surface area (Å²) in [5.41, 5.74) is -0.401. The first-order valence-corrected chi connectivity index (χ1v) is 15.3. The van der Waals surface area contributed by atoms with Gasteiger partial charge < -0.3 is 18.9 Å². The van der Waals surface area contributed by atoms with Crippen molar-refractivity contribution in [1.82, 2.24) is 0 Å². The second-order valence-electron chi connectivity index (χ2n) is 11.2. The number of alkyl halides is 2. The molecule has 1 saturated heterocycles. The second-order valence-corrected chi connectivity index (χ2v) is 11.2. The number of aryl methyl sites for hydroxylation is 1. The van der Waals surface area contributed by atoms with Crippen LogP contribution in [-0.2, 0) is 21.8 Å². The number of epoxide rings is 1. The molecule has 2 aliphatic rings. The Hall–Kier alpha value is -2.32. The molecule has 1 fully saturated rings. The van der Waals surface area contributed by atoms with Crippen molar-refractivity contribution in [2.45, 2.75) is 109 Å². The molecule has 0 saturated carbocycles. The monoisotopic (exact) mass is 580 g/mol. The number of halogens is 4. The van der Waals surface area contributed by atoms with Gasteiger partial charge in [0.25, 0.3) is 5.92 Å². The van der Waals surface area contributed by atoms with E-state index in [9.17, 15) is 4.39 Å². The van der Waals surface area contributed by atoms with E-state index >= 15 is 13.2 Å². The SMILES string of the molecule is CCCCCCC1OC1COc1ccc(C2CCc3cc(OCCCCOCCCC)c(F)c(F)c3C2(F)F)cc1. The Balaban J connectivity index is 1.30. The molecule has 2 aromatic carbocycles. The van der Waals surface area contributed by atoms with Crippen LogP contribution in [0, 0.1) is 11.6 Å². The standard InChI is InChI=1S/C33H44F4O4/c1-3-5-7-8-11-27-29(41-27)22-40-25-15-12-23(13-16-25)26-17-14-24-21-28(31(34)32(35)30(24)33(26,36)37)39-20-10-9-19-38-18-6-4-2/h12-13,15-16,21,26-27,29H,3-11,14,17-20,22H2,1-2H3.